The monoisotopic (exact) mass is 151 g/mol. The van der Waals surface area contributed by atoms with Crippen LogP contribution in [0.25, 0.3) is 0 Å². The second kappa shape index (κ2) is 3.34. The summed E-state index contributed by atoms with van der Waals surface area (Å²) in [4.78, 5) is 0. The molecule has 1 rings (SSSR count). The van der Waals surface area contributed by atoms with Crippen LogP contribution in [0.3, 0.4) is 0 Å². The van der Waals surface area contributed by atoms with Crippen LogP contribution >= 0.6 is 0 Å². The van der Waals surface area contributed by atoms with Gasteiger partial charge >= 0.3 is 0 Å². The summed E-state index contributed by atoms with van der Waals surface area (Å²) in [5.74, 6) is 2.48. The molecular formula is C11H19+. The molecule has 0 spiro atoms. The molecule has 0 N–H and O–H groups in total. The molecule has 0 aliphatic heterocycles. The Kier molecular flexibility index (Phi) is 2.64. The van der Waals surface area contributed by atoms with Crippen molar-refractivity contribution in [2.45, 2.75) is 47.0 Å². The minimum absolute atomic E-state index is 0.874. The first kappa shape index (κ1) is 8.70. The number of allylic oxidation sites excluding steroid dienone is 2. The summed E-state index contributed by atoms with van der Waals surface area (Å²) in [7, 11) is 0. The molecule has 0 saturated heterocycles. The predicted octanol–water partition coefficient (Wildman–Crippen LogP) is 3.74. The van der Waals surface area contributed by atoms with E-state index in [4.69, 9.17) is 0 Å². The van der Waals surface area contributed by atoms with Crippen molar-refractivity contribution < 1.29 is 0 Å². The second-order valence-corrected chi connectivity index (χ2v) is 4.08. The molecule has 0 heterocycles. The van der Waals surface area contributed by atoms with Gasteiger partial charge < -0.3 is 0 Å². The second-order valence-electron chi connectivity index (χ2n) is 4.08. The van der Waals surface area contributed by atoms with Crippen molar-refractivity contribution in [3.63, 3.8) is 0 Å². The molecule has 0 aromatic rings. The van der Waals surface area contributed by atoms with Gasteiger partial charge in [0.25, 0.3) is 0 Å². The van der Waals surface area contributed by atoms with E-state index in [0.29, 0.717) is 0 Å². The van der Waals surface area contributed by atoms with E-state index in [9.17, 15) is 0 Å². The summed E-state index contributed by atoms with van der Waals surface area (Å²) in [6, 6.07) is 0. The van der Waals surface area contributed by atoms with Crippen LogP contribution in [0.5, 0.6) is 0 Å². The third kappa shape index (κ3) is 2.02. The molecule has 1 aliphatic carbocycles. The van der Waals surface area contributed by atoms with Crippen molar-refractivity contribution in [3.8, 4) is 0 Å². The summed E-state index contributed by atoms with van der Waals surface area (Å²) >= 11 is 0. The molecule has 0 aromatic carbocycles. The molecule has 0 nitrogen and oxygen atoms in total. The van der Waals surface area contributed by atoms with Gasteiger partial charge in [0.2, 0.25) is 0 Å². The fourth-order valence-corrected chi connectivity index (χ4v) is 1.74. The quantitative estimate of drug-likeness (QED) is 0.395. The standard InChI is InChI=1S/C11H19/c1-8(2)11-6-5-9(3)10(4)7-11/h11H,5-7H2,1-4H3/q+1/t11-/m1/s1. The molecule has 0 aromatic heterocycles. The molecule has 0 amide bonds. The Morgan fingerprint density at radius 2 is 1.82 bits per heavy atom. The molecule has 1 aliphatic rings. The Labute approximate surface area is 70.7 Å². The maximum Gasteiger partial charge on any atom is 0.104 e. The molecular weight excluding hydrogens is 132 g/mol. The first-order valence-corrected chi connectivity index (χ1v) is 4.56. The van der Waals surface area contributed by atoms with Crippen LogP contribution in [0, 0.1) is 11.8 Å². The Balaban J connectivity index is 2.57. The smallest absolute Gasteiger partial charge is 0.0740 e. The van der Waals surface area contributed by atoms with Crippen molar-refractivity contribution in [2.24, 2.45) is 5.92 Å². The van der Waals surface area contributed by atoms with Crippen LogP contribution in [0.2, 0.25) is 0 Å². The lowest BCUT2D eigenvalue weighted by Gasteiger charge is -2.20. The van der Waals surface area contributed by atoms with Crippen LogP contribution in [0.15, 0.2) is 11.1 Å². The molecule has 0 fully saturated rings. The van der Waals surface area contributed by atoms with Crippen LogP contribution in [0.1, 0.15) is 47.0 Å². The molecule has 62 valence electrons. The SMILES string of the molecule is CC1=C(C)C[C@H]([C+](C)C)CC1. The highest BCUT2D eigenvalue weighted by Gasteiger charge is 2.26. The van der Waals surface area contributed by atoms with E-state index in [2.05, 4.69) is 27.7 Å². The van der Waals surface area contributed by atoms with Crippen LogP contribution in [-0.2, 0) is 0 Å². The van der Waals surface area contributed by atoms with Gasteiger partial charge in [-0.25, -0.2) is 0 Å². The van der Waals surface area contributed by atoms with E-state index >= 15 is 0 Å². The Hall–Kier alpha value is -0.390. The lowest BCUT2D eigenvalue weighted by Crippen LogP contribution is -2.12. The summed E-state index contributed by atoms with van der Waals surface area (Å²) in [6.07, 6.45) is 4.02. The molecule has 11 heavy (non-hydrogen) atoms. The highest BCUT2D eigenvalue weighted by molar-refractivity contribution is 5.16. The predicted molar refractivity (Wildman–Crippen MR) is 50.3 cm³/mol. The van der Waals surface area contributed by atoms with E-state index in [1.165, 1.54) is 19.3 Å². The van der Waals surface area contributed by atoms with Crippen LogP contribution in [-0.4, -0.2) is 0 Å². The maximum absolute atomic E-state index is 2.28. The third-order valence-corrected chi connectivity index (χ3v) is 2.97. The van der Waals surface area contributed by atoms with Gasteiger partial charge in [-0.2, -0.15) is 0 Å². The van der Waals surface area contributed by atoms with E-state index in [-0.39, 0.29) is 0 Å². The van der Waals surface area contributed by atoms with E-state index in [1.54, 1.807) is 17.1 Å². The van der Waals surface area contributed by atoms with Gasteiger partial charge in [0.05, 0.1) is 19.8 Å². The fourth-order valence-electron chi connectivity index (χ4n) is 1.74. The van der Waals surface area contributed by atoms with Gasteiger partial charge in [0, 0.05) is 6.42 Å². The van der Waals surface area contributed by atoms with Crippen molar-refractivity contribution in [3.05, 3.63) is 17.1 Å². The van der Waals surface area contributed by atoms with Crippen molar-refractivity contribution >= 4 is 0 Å². The van der Waals surface area contributed by atoms with Gasteiger partial charge in [0.1, 0.15) is 5.92 Å². The minimum Gasteiger partial charge on any atom is -0.0740 e. The normalized spacial score (nSPS) is 25.6. The van der Waals surface area contributed by atoms with Crippen molar-refractivity contribution in [1.29, 1.82) is 0 Å². The average molecular weight is 151 g/mol. The van der Waals surface area contributed by atoms with Gasteiger partial charge in [-0.3, -0.25) is 0 Å². The van der Waals surface area contributed by atoms with Gasteiger partial charge in [-0.15, -0.1) is 0 Å². The zero-order chi connectivity index (χ0) is 8.43. The van der Waals surface area contributed by atoms with Crippen LogP contribution < -0.4 is 0 Å². The Morgan fingerprint density at radius 3 is 2.27 bits per heavy atom. The van der Waals surface area contributed by atoms with E-state index < -0.39 is 0 Å². The number of hydrogen-bond acceptors (Lipinski definition) is 0. The first-order chi connectivity index (χ1) is 5.11. The zero-order valence-corrected chi connectivity index (χ0v) is 8.20. The zero-order valence-electron chi connectivity index (χ0n) is 8.20. The van der Waals surface area contributed by atoms with Crippen molar-refractivity contribution in [2.75, 3.05) is 0 Å². The Bertz CT molecular complexity index is 163. The number of hydrogen-bond donors (Lipinski definition) is 0. The average Bonchev–Trinajstić information content (AvgIpc) is 1.94. The van der Waals surface area contributed by atoms with Crippen molar-refractivity contribution in [1.82, 2.24) is 0 Å². The minimum atomic E-state index is 0.874. The molecule has 0 radical (unpaired) electrons. The Morgan fingerprint density at radius 1 is 1.18 bits per heavy atom. The highest BCUT2D eigenvalue weighted by atomic mass is 14.2. The molecule has 0 unspecified atom stereocenters. The molecule has 0 bridgehead atoms. The summed E-state index contributed by atoms with van der Waals surface area (Å²) in [5.41, 5.74) is 3.25. The van der Waals surface area contributed by atoms with Gasteiger partial charge in [-0.05, 0) is 26.7 Å². The van der Waals surface area contributed by atoms with E-state index in [0.717, 1.165) is 5.92 Å². The third-order valence-electron chi connectivity index (χ3n) is 2.97. The molecule has 0 heteroatoms. The van der Waals surface area contributed by atoms with Gasteiger partial charge in [0.15, 0.2) is 0 Å². The summed E-state index contributed by atoms with van der Waals surface area (Å²) < 4.78 is 0. The maximum atomic E-state index is 2.28. The number of rotatable bonds is 1. The lowest BCUT2D eigenvalue weighted by molar-refractivity contribution is 0.472. The summed E-state index contributed by atoms with van der Waals surface area (Å²) in [5, 5.41) is 0. The van der Waals surface area contributed by atoms with Crippen LogP contribution in [0.4, 0.5) is 0 Å². The molecule has 1 atom stereocenters. The fraction of sp³-hybridized carbons (Fsp3) is 0.727. The largest absolute Gasteiger partial charge is 0.104 e. The topological polar surface area (TPSA) is 0 Å². The summed E-state index contributed by atoms with van der Waals surface area (Å²) in [6.45, 7) is 9.08. The first-order valence-electron chi connectivity index (χ1n) is 4.56. The highest BCUT2D eigenvalue weighted by Crippen LogP contribution is 2.33. The molecule has 0 saturated carbocycles. The van der Waals surface area contributed by atoms with E-state index in [1.807, 2.05) is 0 Å². The van der Waals surface area contributed by atoms with Gasteiger partial charge in [-0.1, -0.05) is 11.1 Å². The lowest BCUT2D eigenvalue weighted by atomic mass is 9.79.